The van der Waals surface area contributed by atoms with Crippen molar-refractivity contribution in [3.63, 3.8) is 0 Å². The summed E-state index contributed by atoms with van der Waals surface area (Å²) in [7, 11) is 0. The molecule has 4 rings (SSSR count). The van der Waals surface area contributed by atoms with Gasteiger partial charge in [0.25, 0.3) is 5.91 Å². The van der Waals surface area contributed by atoms with Gasteiger partial charge in [-0.15, -0.1) is 0 Å². The zero-order chi connectivity index (χ0) is 32.0. The summed E-state index contributed by atoms with van der Waals surface area (Å²) >= 11 is 0. The molecule has 3 N–H and O–H groups in total. The minimum Gasteiger partial charge on any atom is -0.508 e. The van der Waals surface area contributed by atoms with E-state index in [9.17, 15) is 19.5 Å². The molecule has 4 aromatic carbocycles. The fourth-order valence-corrected chi connectivity index (χ4v) is 5.18. The second-order valence-electron chi connectivity index (χ2n) is 11.9. The second-order valence-corrected chi connectivity index (χ2v) is 11.9. The molecule has 0 aromatic heterocycles. The van der Waals surface area contributed by atoms with Crippen molar-refractivity contribution in [3.05, 3.63) is 107 Å². The summed E-state index contributed by atoms with van der Waals surface area (Å²) in [5.74, 6) is -0.719. The summed E-state index contributed by atoms with van der Waals surface area (Å²) in [5, 5.41) is 17.6. The largest absolute Gasteiger partial charge is 0.508 e. The number of phenolic OH excluding ortho intramolecular Hbond substituents is 1. The lowest BCUT2D eigenvalue weighted by Crippen LogP contribution is -2.53. The maximum absolute atomic E-state index is 14.4. The Balaban J connectivity index is 1.73. The molecule has 0 radical (unpaired) electrons. The molecule has 0 saturated heterocycles. The standard InChI is InChI=1S/C36H41N3O5/c1-7-39(34(42)31(38-35(43)44-36(4,5)6)21-25-15-19-29(40)20-16-25)32(30-14-10-11-23(2)24(30)3)33(41)37-28-18-17-26-12-8-9-13-27(26)22-28/h8-20,22,31-32,40H,7,21H2,1-6H3,(H,37,41)(H,38,43). The zero-order valence-electron chi connectivity index (χ0n) is 26.2. The third-order valence-corrected chi connectivity index (χ3v) is 7.51. The lowest BCUT2D eigenvalue weighted by Gasteiger charge is -2.34. The molecule has 0 fully saturated rings. The lowest BCUT2D eigenvalue weighted by molar-refractivity contribution is -0.140. The predicted octanol–water partition coefficient (Wildman–Crippen LogP) is 6.83. The van der Waals surface area contributed by atoms with Gasteiger partial charge in [0.05, 0.1) is 0 Å². The third-order valence-electron chi connectivity index (χ3n) is 7.51. The molecular formula is C36H41N3O5. The number of phenols is 1. The van der Waals surface area contributed by atoms with Crippen LogP contribution in [0.5, 0.6) is 5.75 Å². The number of hydrogen-bond acceptors (Lipinski definition) is 5. The lowest BCUT2D eigenvalue weighted by atomic mass is 9.94. The summed E-state index contributed by atoms with van der Waals surface area (Å²) in [4.78, 5) is 43.0. The molecule has 8 nitrogen and oxygen atoms in total. The summed E-state index contributed by atoms with van der Waals surface area (Å²) in [6.45, 7) is 11.1. The summed E-state index contributed by atoms with van der Waals surface area (Å²) in [6.07, 6.45) is -0.615. The molecule has 230 valence electrons. The highest BCUT2D eigenvalue weighted by atomic mass is 16.6. The van der Waals surface area contributed by atoms with Gasteiger partial charge in [-0.2, -0.15) is 0 Å². The van der Waals surface area contributed by atoms with Crippen molar-refractivity contribution >= 4 is 34.4 Å². The Bertz CT molecular complexity index is 1640. The smallest absolute Gasteiger partial charge is 0.408 e. The number of rotatable bonds is 9. The van der Waals surface area contributed by atoms with Crippen LogP contribution in [0.2, 0.25) is 0 Å². The second kappa shape index (κ2) is 13.6. The Labute approximate surface area is 259 Å². The maximum atomic E-state index is 14.4. The molecule has 0 spiro atoms. The average Bonchev–Trinajstić information content (AvgIpc) is 2.97. The van der Waals surface area contributed by atoms with Gasteiger partial charge in [-0.1, -0.05) is 60.7 Å². The minimum atomic E-state index is -1.05. The van der Waals surface area contributed by atoms with Gasteiger partial charge in [0.2, 0.25) is 5.91 Å². The van der Waals surface area contributed by atoms with E-state index >= 15 is 0 Å². The number of fused-ring (bicyclic) bond motifs is 1. The Morgan fingerprint density at radius 2 is 1.57 bits per heavy atom. The predicted molar refractivity (Wildman–Crippen MR) is 174 cm³/mol. The first-order chi connectivity index (χ1) is 20.9. The fourth-order valence-electron chi connectivity index (χ4n) is 5.18. The van der Waals surface area contributed by atoms with Gasteiger partial charge in [0.15, 0.2) is 0 Å². The molecular weight excluding hydrogens is 554 g/mol. The van der Waals surface area contributed by atoms with Gasteiger partial charge < -0.3 is 25.4 Å². The third kappa shape index (κ3) is 7.95. The van der Waals surface area contributed by atoms with Gasteiger partial charge in [-0.05, 0) is 98.8 Å². The molecule has 0 heterocycles. The molecule has 0 saturated carbocycles. The Hall–Kier alpha value is -4.85. The van der Waals surface area contributed by atoms with Crippen molar-refractivity contribution in [1.29, 1.82) is 0 Å². The number of benzene rings is 4. The number of aromatic hydroxyl groups is 1. The molecule has 3 amide bonds. The summed E-state index contributed by atoms with van der Waals surface area (Å²) in [6, 6.07) is 23.7. The van der Waals surface area contributed by atoms with E-state index < -0.39 is 29.7 Å². The van der Waals surface area contributed by atoms with Gasteiger partial charge >= 0.3 is 6.09 Å². The van der Waals surface area contributed by atoms with E-state index in [4.69, 9.17) is 4.74 Å². The Morgan fingerprint density at radius 1 is 0.886 bits per heavy atom. The number of alkyl carbamates (subject to hydrolysis) is 1. The number of anilines is 1. The van der Waals surface area contributed by atoms with Gasteiger partial charge in [-0.25, -0.2) is 4.79 Å². The van der Waals surface area contributed by atoms with Crippen LogP contribution >= 0.6 is 0 Å². The quantitative estimate of drug-likeness (QED) is 0.197. The highest BCUT2D eigenvalue weighted by Crippen LogP contribution is 2.29. The topological polar surface area (TPSA) is 108 Å². The van der Waals surface area contributed by atoms with E-state index in [1.807, 2.05) is 81.4 Å². The van der Waals surface area contributed by atoms with Crippen LogP contribution in [-0.2, 0) is 20.7 Å². The normalized spacial score (nSPS) is 12.7. The molecule has 8 heteroatoms. The van der Waals surface area contributed by atoms with Crippen LogP contribution < -0.4 is 10.6 Å². The molecule has 0 bridgehead atoms. The number of carbonyl (C=O) groups is 3. The monoisotopic (exact) mass is 595 g/mol. The molecule has 2 atom stereocenters. The van der Waals surface area contributed by atoms with Crippen molar-refractivity contribution in [2.45, 2.75) is 65.6 Å². The number of nitrogens with one attached hydrogen (secondary N) is 2. The Kier molecular flexibility index (Phi) is 9.94. The van der Waals surface area contributed by atoms with Gasteiger partial charge in [0, 0.05) is 18.7 Å². The first kappa shape index (κ1) is 32.1. The van der Waals surface area contributed by atoms with Crippen LogP contribution in [0.25, 0.3) is 10.8 Å². The zero-order valence-corrected chi connectivity index (χ0v) is 26.2. The Morgan fingerprint density at radius 3 is 2.23 bits per heavy atom. The first-order valence-electron chi connectivity index (χ1n) is 14.8. The molecule has 0 aliphatic carbocycles. The van der Waals surface area contributed by atoms with Gasteiger partial charge in [-0.3, -0.25) is 9.59 Å². The number of amides is 3. The molecule has 0 aliphatic rings. The number of aryl methyl sites for hydroxylation is 1. The fraction of sp³-hybridized carbons (Fsp3) is 0.306. The number of likely N-dealkylation sites (N-methyl/N-ethyl adjacent to an activating group) is 1. The summed E-state index contributed by atoms with van der Waals surface area (Å²) in [5.41, 5.74) is 3.13. The van der Waals surface area contributed by atoms with Crippen LogP contribution in [0.4, 0.5) is 10.5 Å². The van der Waals surface area contributed by atoms with Crippen LogP contribution in [0.3, 0.4) is 0 Å². The molecule has 44 heavy (non-hydrogen) atoms. The minimum absolute atomic E-state index is 0.0901. The van der Waals surface area contributed by atoms with E-state index in [0.29, 0.717) is 11.3 Å². The first-order valence-corrected chi connectivity index (χ1v) is 14.8. The average molecular weight is 596 g/mol. The highest BCUT2D eigenvalue weighted by Gasteiger charge is 2.36. The highest BCUT2D eigenvalue weighted by molar-refractivity contribution is 6.00. The van der Waals surface area contributed by atoms with Crippen LogP contribution in [0.15, 0.2) is 84.9 Å². The number of carbonyl (C=O) groups excluding carboxylic acids is 3. The van der Waals surface area contributed by atoms with Crippen LogP contribution in [0.1, 0.15) is 56.0 Å². The number of nitrogens with zero attached hydrogens (tertiary/aromatic N) is 1. The number of hydrogen-bond donors (Lipinski definition) is 3. The van der Waals surface area contributed by atoms with Crippen molar-refractivity contribution < 1.29 is 24.2 Å². The number of ether oxygens (including phenoxy) is 1. The van der Waals surface area contributed by atoms with E-state index in [1.165, 1.54) is 17.0 Å². The van der Waals surface area contributed by atoms with E-state index in [1.54, 1.807) is 32.9 Å². The SMILES string of the molecule is CCN(C(=O)C(Cc1ccc(O)cc1)NC(=O)OC(C)(C)C)C(C(=O)Nc1ccc2ccccc2c1)c1cccc(C)c1C. The van der Waals surface area contributed by atoms with E-state index in [0.717, 1.165) is 27.5 Å². The van der Waals surface area contributed by atoms with Crippen molar-refractivity contribution in [2.75, 3.05) is 11.9 Å². The van der Waals surface area contributed by atoms with Crippen LogP contribution in [0, 0.1) is 13.8 Å². The van der Waals surface area contributed by atoms with E-state index in [-0.39, 0.29) is 24.6 Å². The van der Waals surface area contributed by atoms with E-state index in [2.05, 4.69) is 10.6 Å². The molecule has 2 unspecified atom stereocenters. The van der Waals surface area contributed by atoms with Crippen molar-refractivity contribution in [2.24, 2.45) is 0 Å². The van der Waals surface area contributed by atoms with Crippen molar-refractivity contribution in [1.82, 2.24) is 10.2 Å². The van der Waals surface area contributed by atoms with Crippen LogP contribution in [-0.4, -0.2) is 46.1 Å². The molecule has 4 aromatic rings. The van der Waals surface area contributed by atoms with Crippen molar-refractivity contribution in [3.8, 4) is 5.75 Å². The maximum Gasteiger partial charge on any atom is 0.408 e. The summed E-state index contributed by atoms with van der Waals surface area (Å²) < 4.78 is 5.49. The van der Waals surface area contributed by atoms with Gasteiger partial charge in [0.1, 0.15) is 23.4 Å². The molecule has 0 aliphatic heterocycles.